The van der Waals surface area contributed by atoms with E-state index >= 15 is 0 Å². The van der Waals surface area contributed by atoms with Gasteiger partial charge in [-0.05, 0) is 110 Å². The van der Waals surface area contributed by atoms with Gasteiger partial charge in [-0.15, -0.1) is 0 Å². The molecule has 4 aliphatic heterocycles. The van der Waals surface area contributed by atoms with Gasteiger partial charge >= 0.3 is 12.2 Å². The van der Waals surface area contributed by atoms with Gasteiger partial charge in [-0.3, -0.25) is 14.6 Å². The van der Waals surface area contributed by atoms with Gasteiger partial charge in [-0.1, -0.05) is 12.1 Å². The first-order valence-corrected chi connectivity index (χ1v) is 22.6. The van der Waals surface area contributed by atoms with E-state index in [1.807, 2.05) is 40.1 Å². The molecule has 1 unspecified atom stereocenters. The van der Waals surface area contributed by atoms with Crippen molar-refractivity contribution in [1.29, 1.82) is 0 Å². The van der Waals surface area contributed by atoms with Crippen LogP contribution in [0.3, 0.4) is 0 Å². The summed E-state index contributed by atoms with van der Waals surface area (Å²) in [7, 11) is 2.63. The van der Waals surface area contributed by atoms with Gasteiger partial charge in [0.05, 0.1) is 66.5 Å². The van der Waals surface area contributed by atoms with Crippen LogP contribution < -0.4 is 10.6 Å². The van der Waals surface area contributed by atoms with Crippen LogP contribution >= 0.6 is 0 Å². The number of likely N-dealkylation sites (tertiary alicyclic amines) is 2. The van der Waals surface area contributed by atoms with Crippen LogP contribution in [0.2, 0.25) is 0 Å². The maximum absolute atomic E-state index is 14.3. The highest BCUT2D eigenvalue weighted by molar-refractivity contribution is 5.89. The van der Waals surface area contributed by atoms with Crippen LogP contribution in [0, 0.1) is 23.7 Å². The molecule has 2 aliphatic carbocycles. The van der Waals surface area contributed by atoms with Crippen molar-refractivity contribution in [1.82, 2.24) is 50.3 Å². The Labute approximate surface area is 368 Å². The average Bonchev–Trinajstić information content (AvgIpc) is 3.95. The zero-order valence-electron chi connectivity index (χ0n) is 35.8. The van der Waals surface area contributed by atoms with E-state index in [4.69, 9.17) is 38.9 Å². The van der Waals surface area contributed by atoms with Gasteiger partial charge in [-0.2, -0.15) is 0 Å². The predicted octanol–water partition coefficient (Wildman–Crippen LogP) is 5.19. The smallest absolute Gasteiger partial charge is 0.407 e. The number of carbonyl (C=O) groups excluding carboxylic acids is 4. The second-order valence-corrected chi connectivity index (χ2v) is 18.2. The molecule has 8 atom stereocenters. The molecule has 0 spiro atoms. The Morgan fingerprint density at radius 1 is 0.656 bits per heavy atom. The largest absolute Gasteiger partial charge is 0.453 e. The number of piperidine rings is 2. The molecule has 18 nitrogen and oxygen atoms in total. The van der Waals surface area contributed by atoms with Crippen LogP contribution in [-0.4, -0.2) is 129 Å². The van der Waals surface area contributed by atoms with E-state index in [1.165, 1.54) is 14.2 Å². The molecule has 64 heavy (non-hydrogen) atoms. The molecule has 2 saturated carbocycles. The SMILES string of the molecule is COC(=O)N[C@H](C(=O)N1C(c2nc3ccc(-c4ccc5nc(-c6cnc([C@@H]7C[C@H]8C[C@H]8N7C(=O)[C@@H](NC(=O)OC)C7CCOCC7)[nH]6)cnc5c4)cc3[nH]2)C[C@H]2C[C@H]21)C1CCOCC1. The lowest BCUT2D eigenvalue weighted by Gasteiger charge is -2.35. The van der Waals surface area contributed by atoms with E-state index in [9.17, 15) is 19.2 Å². The monoisotopic (exact) mass is 872 g/mol. The number of nitrogens with one attached hydrogen (secondary N) is 4. The third-order valence-electron chi connectivity index (χ3n) is 14.5. The van der Waals surface area contributed by atoms with Gasteiger partial charge < -0.3 is 49.3 Å². The van der Waals surface area contributed by atoms with Crippen LogP contribution in [-0.2, 0) is 28.5 Å². The molecule has 7 heterocycles. The van der Waals surface area contributed by atoms with Crippen molar-refractivity contribution in [2.24, 2.45) is 23.7 Å². The fraction of sp³-hybridized carbons (Fsp3) is 0.522. The van der Waals surface area contributed by atoms with Crippen molar-refractivity contribution >= 4 is 46.1 Å². The fourth-order valence-electron chi connectivity index (χ4n) is 10.9. The van der Waals surface area contributed by atoms with Gasteiger partial charge in [0.1, 0.15) is 29.4 Å². The fourth-order valence-corrected chi connectivity index (χ4v) is 10.9. The molecule has 5 aromatic rings. The van der Waals surface area contributed by atoms with Crippen LogP contribution in [0.15, 0.2) is 48.8 Å². The number of fused-ring (bicyclic) bond motifs is 4. The minimum atomic E-state index is -0.701. The number of imidazole rings is 2. The molecule has 334 valence electrons. The Kier molecular flexibility index (Phi) is 10.4. The van der Waals surface area contributed by atoms with E-state index in [-0.39, 0.29) is 47.8 Å². The van der Waals surface area contributed by atoms with Crippen molar-refractivity contribution in [3.8, 4) is 22.5 Å². The summed E-state index contributed by atoms with van der Waals surface area (Å²) in [5, 5.41) is 5.70. The topological polar surface area (TPSA) is 219 Å². The molecule has 4 N–H and O–H groups in total. The van der Waals surface area contributed by atoms with Crippen LogP contribution in [0.5, 0.6) is 0 Å². The van der Waals surface area contributed by atoms with Gasteiger partial charge in [0.15, 0.2) is 0 Å². The number of nitrogens with zero attached hydrogens (tertiary/aromatic N) is 6. The highest BCUT2D eigenvalue weighted by Crippen LogP contribution is 2.55. The number of H-pyrrole nitrogens is 2. The summed E-state index contributed by atoms with van der Waals surface area (Å²) in [6, 6.07) is 10.5. The molecular formula is C46H52N10O8. The molecule has 0 bridgehead atoms. The first-order chi connectivity index (χ1) is 31.2. The summed E-state index contributed by atoms with van der Waals surface area (Å²) in [6.07, 6.45) is 8.53. The second-order valence-electron chi connectivity index (χ2n) is 18.2. The van der Waals surface area contributed by atoms with Crippen molar-refractivity contribution in [2.45, 2.75) is 87.6 Å². The molecule has 2 aromatic carbocycles. The van der Waals surface area contributed by atoms with Crippen LogP contribution in [0.25, 0.3) is 44.6 Å². The number of aromatic nitrogens is 6. The van der Waals surface area contributed by atoms with Gasteiger partial charge in [-0.25, -0.2) is 24.5 Å². The number of rotatable bonds is 10. The maximum atomic E-state index is 14.3. The Balaban J connectivity index is 0.804. The minimum Gasteiger partial charge on any atom is -0.453 e. The number of carbonyl (C=O) groups is 4. The van der Waals surface area contributed by atoms with E-state index in [2.05, 4.69) is 26.7 Å². The molecule has 6 aliphatic rings. The van der Waals surface area contributed by atoms with E-state index in [1.54, 1.807) is 12.4 Å². The van der Waals surface area contributed by atoms with E-state index in [0.717, 1.165) is 64.7 Å². The summed E-state index contributed by atoms with van der Waals surface area (Å²) in [5.74, 6) is 1.98. The zero-order valence-corrected chi connectivity index (χ0v) is 35.8. The summed E-state index contributed by atoms with van der Waals surface area (Å²) >= 11 is 0. The molecule has 4 saturated heterocycles. The second kappa shape index (κ2) is 16.4. The number of benzene rings is 2. The van der Waals surface area contributed by atoms with Gasteiger partial charge in [0.2, 0.25) is 11.8 Å². The van der Waals surface area contributed by atoms with E-state index in [0.29, 0.717) is 81.2 Å². The van der Waals surface area contributed by atoms with E-state index < -0.39 is 24.3 Å². The van der Waals surface area contributed by atoms with Crippen LogP contribution in [0.1, 0.15) is 75.1 Å². The number of hydrogen-bond donors (Lipinski definition) is 4. The zero-order chi connectivity index (χ0) is 43.6. The lowest BCUT2D eigenvalue weighted by atomic mass is 9.90. The normalized spacial score (nSPS) is 26.3. The van der Waals surface area contributed by atoms with Crippen LogP contribution in [0.4, 0.5) is 9.59 Å². The summed E-state index contributed by atoms with van der Waals surface area (Å²) < 4.78 is 20.9. The molecule has 4 amide bonds. The number of alkyl carbamates (subject to hydrolysis) is 2. The highest BCUT2D eigenvalue weighted by atomic mass is 16.5. The maximum Gasteiger partial charge on any atom is 0.407 e. The molecule has 3 aromatic heterocycles. The number of ether oxygens (including phenoxy) is 4. The molecule has 0 radical (unpaired) electrons. The van der Waals surface area contributed by atoms with Crippen molar-refractivity contribution in [3.63, 3.8) is 0 Å². The van der Waals surface area contributed by atoms with Gasteiger partial charge in [0, 0.05) is 38.5 Å². The Morgan fingerprint density at radius 3 is 1.81 bits per heavy atom. The Bertz CT molecular complexity index is 2620. The van der Waals surface area contributed by atoms with Crippen molar-refractivity contribution in [3.05, 3.63) is 60.4 Å². The van der Waals surface area contributed by atoms with Crippen molar-refractivity contribution < 1.29 is 38.1 Å². The first kappa shape index (κ1) is 40.6. The third kappa shape index (κ3) is 7.49. The number of hydrogen-bond acceptors (Lipinski definition) is 12. The quantitative estimate of drug-likeness (QED) is 0.143. The standard InChI is InChI=1S/C46H52N10O8/c1-61-45(59)53-39(23-7-11-63-12-8-23)43(57)55-35-17-27(35)19-37(55)41-48-22-34(52-41)33-21-47-31-15-25(3-5-29(31)49-33)26-4-6-30-32(16-26)51-42(50-30)38-20-28-18-36(28)56(38)44(58)40(54-46(60)62-2)24-9-13-64-14-10-24/h3-6,15-16,21-24,27-28,35-40H,7-14,17-20H2,1-2H3,(H,48,52)(H,50,51)(H,53,59)(H,54,60)/t27-,28-,35-,36-,37+,38?,39+,40+/m1/s1. The molecule has 11 rings (SSSR count). The highest BCUT2D eigenvalue weighted by Gasteiger charge is 2.58. The summed E-state index contributed by atoms with van der Waals surface area (Å²) in [4.78, 5) is 83.8. The number of amides is 4. The molecular weight excluding hydrogens is 821 g/mol. The molecule has 6 fully saturated rings. The van der Waals surface area contributed by atoms with Gasteiger partial charge in [0.25, 0.3) is 0 Å². The summed E-state index contributed by atoms with van der Waals surface area (Å²) in [5.41, 5.74) is 6.41. The van der Waals surface area contributed by atoms with Crippen molar-refractivity contribution in [2.75, 3.05) is 40.6 Å². The molecule has 18 heteroatoms. The first-order valence-electron chi connectivity index (χ1n) is 22.6. The number of aromatic amines is 2. The third-order valence-corrected chi connectivity index (χ3v) is 14.5. The predicted molar refractivity (Wildman–Crippen MR) is 230 cm³/mol. The Hall–Kier alpha value is -6.14. The number of methoxy groups -OCH3 is 2. The summed E-state index contributed by atoms with van der Waals surface area (Å²) in [6.45, 7) is 2.21. The minimum absolute atomic E-state index is 0.0357. The lowest BCUT2D eigenvalue weighted by Crippen LogP contribution is -2.54. The lowest BCUT2D eigenvalue weighted by molar-refractivity contribution is -0.138. The average molecular weight is 873 g/mol. The Morgan fingerprint density at radius 2 is 1.22 bits per heavy atom.